The Morgan fingerprint density at radius 2 is 1.76 bits per heavy atom. The largest absolute Gasteiger partial charge is 0.465 e. The first-order valence-corrected chi connectivity index (χ1v) is 8.85. The summed E-state index contributed by atoms with van der Waals surface area (Å²) < 4.78 is 9.97. The lowest BCUT2D eigenvalue weighted by Crippen LogP contribution is -2.10. The summed E-state index contributed by atoms with van der Waals surface area (Å²) in [5.41, 5.74) is 0.448. The van der Waals surface area contributed by atoms with Gasteiger partial charge in [0, 0.05) is 23.5 Å². The fourth-order valence-electron chi connectivity index (χ4n) is 1.65. The van der Waals surface area contributed by atoms with Gasteiger partial charge in [0.25, 0.3) is 0 Å². The lowest BCUT2D eigenvalue weighted by atomic mass is 10.1. The quantitative estimate of drug-likeness (QED) is 0.294. The van der Waals surface area contributed by atoms with Crippen LogP contribution in [0.1, 0.15) is 52.4 Å². The topological polar surface area (TPSA) is 52.6 Å². The Labute approximate surface area is 132 Å². The molecule has 0 heterocycles. The molecule has 0 aromatic carbocycles. The van der Waals surface area contributed by atoms with Gasteiger partial charge in [-0.1, -0.05) is 39.2 Å². The molecule has 0 saturated carbocycles. The van der Waals surface area contributed by atoms with Gasteiger partial charge in [-0.25, -0.2) is 4.79 Å². The summed E-state index contributed by atoms with van der Waals surface area (Å²) in [6, 6.07) is 0. The van der Waals surface area contributed by atoms with E-state index in [0.717, 1.165) is 12.8 Å². The van der Waals surface area contributed by atoms with Gasteiger partial charge in [0.05, 0.1) is 6.61 Å². The first-order valence-electron chi connectivity index (χ1n) is 7.70. The highest BCUT2D eigenvalue weighted by Gasteiger charge is 2.07. The number of ether oxygens (including phenoxy) is 2. The summed E-state index contributed by atoms with van der Waals surface area (Å²) in [5.74, 6) is 0.693. The summed E-state index contributed by atoms with van der Waals surface area (Å²) in [4.78, 5) is 22.7. The van der Waals surface area contributed by atoms with Gasteiger partial charge < -0.3 is 9.47 Å². The number of hydrogen-bond donors (Lipinski definition) is 0. The highest BCUT2D eigenvalue weighted by Crippen LogP contribution is 2.09. The summed E-state index contributed by atoms with van der Waals surface area (Å²) in [7, 11) is 0. The summed E-state index contributed by atoms with van der Waals surface area (Å²) in [6.07, 6.45) is 6.14. The van der Waals surface area contributed by atoms with Gasteiger partial charge in [0.2, 0.25) is 0 Å². The van der Waals surface area contributed by atoms with Crippen LogP contribution < -0.4 is 0 Å². The van der Waals surface area contributed by atoms with Gasteiger partial charge in [-0.05, 0) is 13.3 Å². The van der Waals surface area contributed by atoms with E-state index >= 15 is 0 Å². The molecule has 5 heteroatoms. The predicted molar refractivity (Wildman–Crippen MR) is 87.4 cm³/mol. The molecule has 0 spiro atoms. The van der Waals surface area contributed by atoms with Crippen molar-refractivity contribution in [1.29, 1.82) is 0 Å². The van der Waals surface area contributed by atoms with Gasteiger partial charge in [0.15, 0.2) is 0 Å². The smallest absolute Gasteiger partial charge is 0.334 e. The molecule has 0 N–H and O–H groups in total. The molecule has 0 bridgehead atoms. The molecule has 4 nitrogen and oxygen atoms in total. The second-order valence-corrected chi connectivity index (χ2v) is 5.87. The van der Waals surface area contributed by atoms with Gasteiger partial charge in [-0.2, -0.15) is 11.8 Å². The van der Waals surface area contributed by atoms with Crippen LogP contribution in [0.25, 0.3) is 0 Å². The molecule has 0 rings (SSSR count). The second-order valence-electron chi connectivity index (χ2n) is 4.76. The number of rotatable bonds is 13. The van der Waals surface area contributed by atoms with E-state index in [1.807, 2.05) is 0 Å². The van der Waals surface area contributed by atoms with Crippen molar-refractivity contribution in [2.75, 3.05) is 24.7 Å². The maximum atomic E-state index is 11.4. The van der Waals surface area contributed by atoms with Crippen LogP contribution in [0.15, 0.2) is 12.2 Å². The molecule has 0 radical (unpaired) electrons. The normalized spacial score (nSPS) is 10.2. The van der Waals surface area contributed by atoms with E-state index in [1.54, 1.807) is 6.92 Å². The van der Waals surface area contributed by atoms with Crippen LogP contribution >= 0.6 is 11.8 Å². The van der Waals surface area contributed by atoms with Gasteiger partial charge >= 0.3 is 11.9 Å². The molecule has 0 aliphatic heterocycles. The average Bonchev–Trinajstić information content (AvgIpc) is 2.46. The highest BCUT2D eigenvalue weighted by atomic mass is 32.2. The molecule has 0 saturated heterocycles. The Hall–Kier alpha value is -0.970. The van der Waals surface area contributed by atoms with Crippen LogP contribution in [0, 0.1) is 0 Å². The summed E-state index contributed by atoms with van der Waals surface area (Å²) in [6.45, 7) is 8.34. The minimum absolute atomic E-state index is 0.128. The highest BCUT2D eigenvalue weighted by molar-refractivity contribution is 7.99. The maximum absolute atomic E-state index is 11.4. The van der Waals surface area contributed by atoms with Crippen molar-refractivity contribution in [3.8, 4) is 0 Å². The molecule has 21 heavy (non-hydrogen) atoms. The van der Waals surface area contributed by atoms with E-state index in [0.29, 0.717) is 36.7 Å². The Morgan fingerprint density at radius 1 is 1.05 bits per heavy atom. The lowest BCUT2D eigenvalue weighted by molar-refractivity contribution is -0.143. The maximum Gasteiger partial charge on any atom is 0.334 e. The summed E-state index contributed by atoms with van der Waals surface area (Å²) >= 11 is 1.51. The number of esters is 2. The van der Waals surface area contributed by atoms with E-state index < -0.39 is 0 Å². The molecule has 0 fully saturated rings. The van der Waals surface area contributed by atoms with Crippen molar-refractivity contribution >= 4 is 23.7 Å². The first kappa shape index (κ1) is 20.0. The van der Waals surface area contributed by atoms with E-state index in [9.17, 15) is 9.59 Å². The molecule has 0 amide bonds. The average molecular weight is 316 g/mol. The minimum Gasteiger partial charge on any atom is -0.465 e. The molecule has 0 aromatic rings. The van der Waals surface area contributed by atoms with E-state index in [2.05, 4.69) is 13.5 Å². The van der Waals surface area contributed by atoms with Crippen molar-refractivity contribution in [2.24, 2.45) is 0 Å². The molecule has 0 aromatic heterocycles. The Morgan fingerprint density at radius 3 is 2.43 bits per heavy atom. The van der Waals surface area contributed by atoms with Crippen molar-refractivity contribution in [3.63, 3.8) is 0 Å². The molecule has 0 aliphatic carbocycles. The first-order chi connectivity index (χ1) is 10.1. The van der Waals surface area contributed by atoms with Crippen molar-refractivity contribution in [1.82, 2.24) is 0 Å². The van der Waals surface area contributed by atoms with Crippen LogP contribution in [-0.4, -0.2) is 36.7 Å². The molecule has 122 valence electrons. The van der Waals surface area contributed by atoms with Crippen LogP contribution in [0.2, 0.25) is 0 Å². The third-order valence-corrected chi connectivity index (χ3v) is 3.82. The van der Waals surface area contributed by atoms with E-state index in [-0.39, 0.29) is 11.9 Å². The Bertz CT molecular complexity index is 315. The second kappa shape index (κ2) is 14.0. The van der Waals surface area contributed by atoms with Crippen molar-refractivity contribution < 1.29 is 19.1 Å². The number of unbranched alkanes of at least 4 members (excludes halogenated alkanes) is 4. The fraction of sp³-hybridized carbons (Fsp3) is 0.750. The van der Waals surface area contributed by atoms with Crippen LogP contribution in [0.4, 0.5) is 0 Å². The van der Waals surface area contributed by atoms with Gasteiger partial charge in [-0.15, -0.1) is 0 Å². The Kier molecular flexibility index (Phi) is 13.3. The minimum atomic E-state index is -0.353. The Balaban J connectivity index is 3.43. The molecular formula is C16H28O4S. The van der Waals surface area contributed by atoms with E-state index in [1.165, 1.54) is 31.0 Å². The predicted octanol–water partition coefficient (Wildman–Crippen LogP) is 3.74. The third-order valence-electron chi connectivity index (χ3n) is 2.82. The standard InChI is InChI=1S/C16H28O4S/c1-4-6-7-8-9-10-15(17)20-11-12-21-13-14(3)16(18)19-5-2/h3-13H2,1-2H3. The number of carbonyl (C=O) groups excluding carboxylic acids is 2. The SMILES string of the molecule is C=C(CSCCOC(=O)CCCCCCC)C(=O)OCC. The monoisotopic (exact) mass is 316 g/mol. The third kappa shape index (κ3) is 12.5. The molecule has 0 atom stereocenters. The molecule has 0 unspecified atom stereocenters. The van der Waals surface area contributed by atoms with Gasteiger partial charge in [0.1, 0.15) is 6.61 Å². The zero-order valence-electron chi connectivity index (χ0n) is 13.3. The lowest BCUT2D eigenvalue weighted by Gasteiger charge is -2.06. The van der Waals surface area contributed by atoms with E-state index in [4.69, 9.17) is 9.47 Å². The summed E-state index contributed by atoms with van der Waals surface area (Å²) in [5, 5.41) is 0. The number of carbonyl (C=O) groups is 2. The van der Waals surface area contributed by atoms with Crippen molar-refractivity contribution in [2.45, 2.75) is 52.4 Å². The molecule has 0 aliphatic rings. The van der Waals surface area contributed by atoms with Crippen LogP contribution in [0.5, 0.6) is 0 Å². The van der Waals surface area contributed by atoms with Gasteiger partial charge in [-0.3, -0.25) is 4.79 Å². The van der Waals surface area contributed by atoms with Crippen LogP contribution in [-0.2, 0) is 19.1 Å². The van der Waals surface area contributed by atoms with Crippen molar-refractivity contribution in [3.05, 3.63) is 12.2 Å². The van der Waals surface area contributed by atoms with Crippen LogP contribution in [0.3, 0.4) is 0 Å². The zero-order valence-corrected chi connectivity index (χ0v) is 14.1. The molecular weight excluding hydrogens is 288 g/mol. The fourth-order valence-corrected chi connectivity index (χ4v) is 2.36. The number of hydrogen-bond acceptors (Lipinski definition) is 5. The zero-order chi connectivity index (χ0) is 15.9. The number of thioether (sulfide) groups is 1.